The van der Waals surface area contributed by atoms with Crippen molar-refractivity contribution in [3.05, 3.63) is 35.4 Å². The van der Waals surface area contributed by atoms with Crippen LogP contribution in [0.4, 0.5) is 0 Å². The van der Waals surface area contributed by atoms with Gasteiger partial charge in [0, 0.05) is 31.7 Å². The maximum absolute atomic E-state index is 12.3. The molecule has 20 heavy (non-hydrogen) atoms. The normalized spacial score (nSPS) is 14.8. The molecule has 0 saturated carbocycles. The Bertz CT molecular complexity index is 537. The van der Waals surface area contributed by atoms with Crippen LogP contribution in [0.15, 0.2) is 24.3 Å². The molecule has 0 unspecified atom stereocenters. The molecule has 1 saturated heterocycles. The summed E-state index contributed by atoms with van der Waals surface area (Å²) in [5, 5.41) is 8.52. The zero-order valence-electron chi connectivity index (χ0n) is 11.5. The highest BCUT2D eigenvalue weighted by Crippen LogP contribution is 2.10. The monoisotopic (exact) mass is 271 g/mol. The summed E-state index contributed by atoms with van der Waals surface area (Å²) in [5.74, 6) is -0.160. The third-order valence-electron chi connectivity index (χ3n) is 3.45. The summed E-state index contributed by atoms with van der Waals surface area (Å²) in [4.78, 5) is 27.3. The van der Waals surface area contributed by atoms with Crippen LogP contribution in [0.3, 0.4) is 0 Å². The van der Waals surface area contributed by atoms with Crippen LogP contribution in [-0.2, 0) is 4.79 Å². The van der Waals surface area contributed by atoms with E-state index in [1.165, 1.54) is 0 Å². The summed E-state index contributed by atoms with van der Waals surface area (Å²) < 4.78 is 0. The fourth-order valence-electron chi connectivity index (χ4n) is 2.22. The lowest BCUT2D eigenvalue weighted by Crippen LogP contribution is -2.50. The molecule has 0 atom stereocenters. The van der Waals surface area contributed by atoms with E-state index in [0.29, 0.717) is 31.7 Å². The summed E-state index contributed by atoms with van der Waals surface area (Å²) in [6.07, 6.45) is -0.0914. The molecule has 1 aliphatic heterocycles. The number of carbonyl (C=O) groups is 2. The Balaban J connectivity index is 1.94. The minimum atomic E-state index is -0.157. The maximum Gasteiger partial charge on any atom is 0.253 e. The fourth-order valence-corrected chi connectivity index (χ4v) is 2.22. The maximum atomic E-state index is 12.3. The van der Waals surface area contributed by atoms with Crippen LogP contribution >= 0.6 is 0 Å². The van der Waals surface area contributed by atoms with Crippen molar-refractivity contribution in [2.24, 2.45) is 0 Å². The fraction of sp³-hybridized carbons (Fsp3) is 0.400. The van der Waals surface area contributed by atoms with Crippen LogP contribution in [0.1, 0.15) is 22.3 Å². The number of hydrogen-bond acceptors (Lipinski definition) is 3. The van der Waals surface area contributed by atoms with E-state index in [2.05, 4.69) is 0 Å². The molecule has 2 rings (SSSR count). The molecule has 5 heteroatoms. The van der Waals surface area contributed by atoms with Crippen molar-refractivity contribution >= 4 is 11.8 Å². The van der Waals surface area contributed by atoms with Gasteiger partial charge in [-0.2, -0.15) is 5.26 Å². The van der Waals surface area contributed by atoms with Gasteiger partial charge in [0.15, 0.2) is 0 Å². The van der Waals surface area contributed by atoms with E-state index < -0.39 is 0 Å². The van der Waals surface area contributed by atoms with Crippen LogP contribution in [0.25, 0.3) is 0 Å². The van der Waals surface area contributed by atoms with Crippen molar-refractivity contribution in [2.75, 3.05) is 26.2 Å². The molecule has 1 aliphatic rings. The number of benzene rings is 1. The van der Waals surface area contributed by atoms with E-state index in [1.54, 1.807) is 9.80 Å². The third kappa shape index (κ3) is 3.15. The van der Waals surface area contributed by atoms with Crippen molar-refractivity contribution in [1.82, 2.24) is 9.80 Å². The summed E-state index contributed by atoms with van der Waals surface area (Å²) in [5.41, 5.74) is 1.79. The zero-order chi connectivity index (χ0) is 14.5. The molecular formula is C15H17N3O2. The van der Waals surface area contributed by atoms with E-state index in [9.17, 15) is 9.59 Å². The Morgan fingerprint density at radius 2 is 1.65 bits per heavy atom. The molecule has 104 valence electrons. The Kier molecular flexibility index (Phi) is 4.36. The SMILES string of the molecule is Cc1ccc(C(=O)N2CCN(C(=O)CC#N)CC2)cc1. The highest BCUT2D eigenvalue weighted by atomic mass is 16.2. The third-order valence-corrected chi connectivity index (χ3v) is 3.45. The molecule has 1 heterocycles. The highest BCUT2D eigenvalue weighted by Gasteiger charge is 2.24. The smallest absolute Gasteiger partial charge is 0.253 e. The first kappa shape index (κ1) is 14.1. The molecule has 0 N–H and O–H groups in total. The lowest BCUT2D eigenvalue weighted by molar-refractivity contribution is -0.131. The number of hydrogen-bond donors (Lipinski definition) is 0. The van der Waals surface area contributed by atoms with Crippen LogP contribution in [0.2, 0.25) is 0 Å². The molecule has 1 fully saturated rings. The molecule has 1 aromatic carbocycles. The van der Waals surface area contributed by atoms with Gasteiger partial charge in [0.2, 0.25) is 5.91 Å². The summed E-state index contributed by atoms with van der Waals surface area (Å²) >= 11 is 0. The Hall–Kier alpha value is -2.35. The molecule has 1 aromatic rings. The van der Waals surface area contributed by atoms with E-state index >= 15 is 0 Å². The standard InChI is InChI=1S/C15H17N3O2/c1-12-2-4-13(5-3-12)15(20)18-10-8-17(9-11-18)14(19)6-7-16/h2-5H,6,8-11H2,1H3. The lowest BCUT2D eigenvalue weighted by Gasteiger charge is -2.34. The van der Waals surface area contributed by atoms with Gasteiger partial charge in [-0.25, -0.2) is 0 Å². The molecule has 0 bridgehead atoms. The molecule has 2 amide bonds. The van der Waals surface area contributed by atoms with Gasteiger partial charge in [-0.3, -0.25) is 9.59 Å². The number of carbonyl (C=O) groups excluding carboxylic acids is 2. The summed E-state index contributed by atoms with van der Waals surface area (Å²) in [6.45, 7) is 4.01. The van der Waals surface area contributed by atoms with Gasteiger partial charge in [-0.15, -0.1) is 0 Å². The summed E-state index contributed by atoms with van der Waals surface area (Å²) in [7, 11) is 0. The molecule has 5 nitrogen and oxygen atoms in total. The molecule has 0 radical (unpaired) electrons. The second-order valence-electron chi connectivity index (χ2n) is 4.87. The number of piperazine rings is 1. The van der Waals surface area contributed by atoms with Gasteiger partial charge < -0.3 is 9.80 Å². The molecule has 0 spiro atoms. The van der Waals surface area contributed by atoms with Gasteiger partial charge in [-0.05, 0) is 19.1 Å². The number of nitrogens with zero attached hydrogens (tertiary/aromatic N) is 3. The van der Waals surface area contributed by atoms with Gasteiger partial charge >= 0.3 is 0 Å². The topological polar surface area (TPSA) is 64.4 Å². The van der Waals surface area contributed by atoms with E-state index in [-0.39, 0.29) is 18.2 Å². The lowest BCUT2D eigenvalue weighted by atomic mass is 10.1. The van der Waals surface area contributed by atoms with Crippen molar-refractivity contribution in [3.8, 4) is 6.07 Å². The van der Waals surface area contributed by atoms with Crippen molar-refractivity contribution in [1.29, 1.82) is 5.26 Å². The number of nitriles is 1. The van der Waals surface area contributed by atoms with Crippen LogP contribution in [0.5, 0.6) is 0 Å². The predicted octanol–water partition coefficient (Wildman–Crippen LogP) is 1.19. The first-order valence-electron chi connectivity index (χ1n) is 6.62. The number of amides is 2. The molecular weight excluding hydrogens is 254 g/mol. The number of rotatable bonds is 2. The van der Waals surface area contributed by atoms with E-state index in [1.807, 2.05) is 37.3 Å². The number of aryl methyl sites for hydroxylation is 1. The largest absolute Gasteiger partial charge is 0.338 e. The van der Waals surface area contributed by atoms with Crippen LogP contribution in [-0.4, -0.2) is 47.8 Å². The van der Waals surface area contributed by atoms with Gasteiger partial charge in [0.25, 0.3) is 5.91 Å². The Labute approximate surface area is 118 Å². The molecule has 0 aliphatic carbocycles. The first-order chi connectivity index (χ1) is 9.61. The minimum Gasteiger partial charge on any atom is -0.338 e. The average molecular weight is 271 g/mol. The second-order valence-corrected chi connectivity index (χ2v) is 4.87. The Morgan fingerprint density at radius 3 is 2.20 bits per heavy atom. The predicted molar refractivity (Wildman–Crippen MR) is 73.9 cm³/mol. The second kappa shape index (κ2) is 6.20. The van der Waals surface area contributed by atoms with Gasteiger partial charge in [0.05, 0.1) is 6.07 Å². The molecule has 0 aromatic heterocycles. The zero-order valence-corrected chi connectivity index (χ0v) is 11.5. The highest BCUT2D eigenvalue weighted by molar-refractivity contribution is 5.94. The van der Waals surface area contributed by atoms with Gasteiger partial charge in [-0.1, -0.05) is 17.7 Å². The van der Waals surface area contributed by atoms with Crippen molar-refractivity contribution < 1.29 is 9.59 Å². The van der Waals surface area contributed by atoms with E-state index in [0.717, 1.165) is 5.56 Å². The average Bonchev–Trinajstić information content (AvgIpc) is 2.48. The van der Waals surface area contributed by atoms with Gasteiger partial charge in [0.1, 0.15) is 6.42 Å². The summed E-state index contributed by atoms with van der Waals surface area (Å²) in [6, 6.07) is 9.34. The van der Waals surface area contributed by atoms with E-state index in [4.69, 9.17) is 5.26 Å². The Morgan fingerprint density at radius 1 is 1.10 bits per heavy atom. The quantitative estimate of drug-likeness (QED) is 0.811. The first-order valence-corrected chi connectivity index (χ1v) is 6.62. The van der Waals surface area contributed by atoms with Crippen LogP contribution < -0.4 is 0 Å². The van der Waals surface area contributed by atoms with Crippen molar-refractivity contribution in [3.63, 3.8) is 0 Å². The minimum absolute atomic E-state index is 0.00242. The van der Waals surface area contributed by atoms with Crippen LogP contribution in [0, 0.1) is 18.3 Å². The van der Waals surface area contributed by atoms with Crippen molar-refractivity contribution in [2.45, 2.75) is 13.3 Å².